The van der Waals surface area contributed by atoms with E-state index in [0.29, 0.717) is 11.5 Å². The number of hydrogen-bond donors (Lipinski definition) is 1. The first-order chi connectivity index (χ1) is 12.2. The number of piperidine rings is 1. The lowest BCUT2D eigenvalue weighted by atomic mass is 10.0. The zero-order valence-corrected chi connectivity index (χ0v) is 14.2. The van der Waals surface area contributed by atoms with Crippen molar-refractivity contribution in [1.82, 2.24) is 15.1 Å². The van der Waals surface area contributed by atoms with Crippen LogP contribution in [-0.4, -0.2) is 47.5 Å². The van der Waals surface area contributed by atoms with Crippen molar-refractivity contribution in [2.45, 2.75) is 25.0 Å². The molecule has 132 valence electrons. The fraction of sp³-hybridized carbons (Fsp3) is 0.444. The number of hydrogen-bond acceptors (Lipinski definition) is 5. The van der Waals surface area contributed by atoms with E-state index in [4.69, 9.17) is 9.47 Å². The number of benzene rings is 1. The number of rotatable bonds is 3. The maximum Gasteiger partial charge on any atom is 0.264 e. The maximum absolute atomic E-state index is 12.6. The van der Waals surface area contributed by atoms with Gasteiger partial charge >= 0.3 is 0 Å². The van der Waals surface area contributed by atoms with Crippen LogP contribution in [0.25, 0.3) is 0 Å². The summed E-state index contributed by atoms with van der Waals surface area (Å²) in [5.74, 6) is 1.19. The number of nitrogens with one attached hydrogen (secondary N) is 1. The molecule has 2 aliphatic rings. The summed E-state index contributed by atoms with van der Waals surface area (Å²) in [5.41, 5.74) is 1.09. The number of amides is 1. The molecule has 1 N–H and O–H groups in total. The Morgan fingerprint density at radius 1 is 1.32 bits per heavy atom. The molecule has 1 amide bonds. The predicted octanol–water partition coefficient (Wildman–Crippen LogP) is 1.35. The van der Waals surface area contributed by atoms with Crippen molar-refractivity contribution in [2.24, 2.45) is 7.05 Å². The van der Waals surface area contributed by atoms with Gasteiger partial charge in [-0.2, -0.15) is 5.10 Å². The minimum atomic E-state index is -0.608. The SMILES string of the molecule is Cn1cc(N2CCC[C@H](NC(=O)[C@H]3COc4ccccc4O3)C2)cn1. The van der Waals surface area contributed by atoms with Crippen LogP contribution in [0.1, 0.15) is 12.8 Å². The molecule has 3 heterocycles. The molecular formula is C18H22N4O3. The Hall–Kier alpha value is -2.70. The molecular weight excluding hydrogens is 320 g/mol. The van der Waals surface area contributed by atoms with Gasteiger partial charge in [0, 0.05) is 32.4 Å². The quantitative estimate of drug-likeness (QED) is 0.912. The molecule has 25 heavy (non-hydrogen) atoms. The largest absolute Gasteiger partial charge is 0.485 e. The van der Waals surface area contributed by atoms with Gasteiger partial charge in [-0.3, -0.25) is 9.48 Å². The lowest BCUT2D eigenvalue weighted by Gasteiger charge is -2.35. The van der Waals surface area contributed by atoms with Crippen LogP contribution in [-0.2, 0) is 11.8 Å². The summed E-state index contributed by atoms with van der Waals surface area (Å²) < 4.78 is 13.2. The Bertz CT molecular complexity index is 760. The molecule has 0 spiro atoms. The van der Waals surface area contributed by atoms with Crippen LogP contribution in [0.4, 0.5) is 5.69 Å². The molecule has 0 aliphatic carbocycles. The van der Waals surface area contributed by atoms with Gasteiger partial charge in [-0.15, -0.1) is 0 Å². The van der Waals surface area contributed by atoms with Gasteiger partial charge in [-0.1, -0.05) is 12.1 Å². The molecule has 1 fully saturated rings. The molecule has 0 saturated carbocycles. The minimum absolute atomic E-state index is 0.0993. The van der Waals surface area contributed by atoms with Crippen molar-refractivity contribution < 1.29 is 14.3 Å². The number of nitrogens with zero attached hydrogens (tertiary/aromatic N) is 3. The number of carbonyl (C=O) groups is 1. The number of aryl methyl sites for hydroxylation is 1. The van der Waals surface area contributed by atoms with Gasteiger partial charge in [-0.05, 0) is 25.0 Å². The van der Waals surface area contributed by atoms with Gasteiger partial charge in [0.2, 0.25) is 6.10 Å². The summed E-state index contributed by atoms with van der Waals surface area (Å²) in [7, 11) is 1.91. The third-order valence-corrected chi connectivity index (χ3v) is 4.63. The Kier molecular flexibility index (Phi) is 4.21. The van der Waals surface area contributed by atoms with Gasteiger partial charge in [0.25, 0.3) is 5.91 Å². The van der Waals surface area contributed by atoms with Crippen molar-refractivity contribution in [3.8, 4) is 11.5 Å². The molecule has 1 saturated heterocycles. The first-order valence-electron chi connectivity index (χ1n) is 8.61. The minimum Gasteiger partial charge on any atom is -0.485 e. The van der Waals surface area contributed by atoms with Crippen LogP contribution < -0.4 is 19.7 Å². The highest BCUT2D eigenvalue weighted by molar-refractivity contribution is 5.82. The number of ether oxygens (including phenoxy) is 2. The average molecular weight is 342 g/mol. The first-order valence-corrected chi connectivity index (χ1v) is 8.61. The smallest absolute Gasteiger partial charge is 0.264 e. The predicted molar refractivity (Wildman–Crippen MR) is 92.9 cm³/mol. The first kappa shape index (κ1) is 15.8. The molecule has 7 heteroatoms. The van der Waals surface area contributed by atoms with Crippen molar-refractivity contribution in [3.05, 3.63) is 36.7 Å². The number of para-hydroxylation sites is 2. The number of carbonyl (C=O) groups excluding carboxylic acids is 1. The molecule has 0 bridgehead atoms. The second-order valence-corrected chi connectivity index (χ2v) is 6.53. The zero-order chi connectivity index (χ0) is 17.2. The fourth-order valence-electron chi connectivity index (χ4n) is 3.34. The standard InChI is InChI=1S/C18H22N4O3/c1-21-11-14(9-19-21)22-8-4-5-13(10-22)20-18(23)17-12-24-15-6-2-3-7-16(15)25-17/h2-3,6-7,9,11,13,17H,4-5,8,10,12H2,1H3,(H,20,23)/t13-,17+/m0/s1. The number of aromatic nitrogens is 2. The van der Waals surface area contributed by atoms with E-state index in [0.717, 1.165) is 31.6 Å². The highest BCUT2D eigenvalue weighted by Gasteiger charge is 2.30. The lowest BCUT2D eigenvalue weighted by Crippen LogP contribution is -2.53. The second-order valence-electron chi connectivity index (χ2n) is 6.53. The third-order valence-electron chi connectivity index (χ3n) is 4.63. The van der Waals surface area contributed by atoms with Crippen LogP contribution in [0.2, 0.25) is 0 Å². The van der Waals surface area contributed by atoms with Crippen molar-refractivity contribution >= 4 is 11.6 Å². The molecule has 0 unspecified atom stereocenters. The van der Waals surface area contributed by atoms with Crippen LogP contribution >= 0.6 is 0 Å². The highest BCUT2D eigenvalue weighted by atomic mass is 16.6. The Balaban J connectivity index is 1.36. The number of anilines is 1. The summed E-state index contributed by atoms with van der Waals surface area (Å²) in [4.78, 5) is 14.8. The summed E-state index contributed by atoms with van der Waals surface area (Å²) in [6.07, 6.45) is 5.25. The fourth-order valence-corrected chi connectivity index (χ4v) is 3.34. The average Bonchev–Trinajstić information content (AvgIpc) is 3.08. The van der Waals surface area contributed by atoms with Crippen LogP contribution in [0.3, 0.4) is 0 Å². The summed E-state index contributed by atoms with van der Waals surface area (Å²) in [6, 6.07) is 7.52. The lowest BCUT2D eigenvalue weighted by molar-refractivity contribution is -0.131. The molecule has 1 aromatic carbocycles. The van der Waals surface area contributed by atoms with E-state index in [-0.39, 0.29) is 18.6 Å². The molecule has 1 aromatic heterocycles. The van der Waals surface area contributed by atoms with Crippen LogP contribution in [0.15, 0.2) is 36.7 Å². The van der Waals surface area contributed by atoms with E-state index in [1.807, 2.05) is 43.7 Å². The van der Waals surface area contributed by atoms with E-state index in [2.05, 4.69) is 15.3 Å². The molecule has 0 radical (unpaired) electrons. The van der Waals surface area contributed by atoms with Gasteiger partial charge in [0.05, 0.1) is 11.9 Å². The van der Waals surface area contributed by atoms with E-state index < -0.39 is 6.10 Å². The molecule has 7 nitrogen and oxygen atoms in total. The second kappa shape index (κ2) is 6.66. The van der Waals surface area contributed by atoms with Gasteiger partial charge in [0.15, 0.2) is 11.5 Å². The van der Waals surface area contributed by atoms with Crippen molar-refractivity contribution in [3.63, 3.8) is 0 Å². The van der Waals surface area contributed by atoms with Crippen molar-refractivity contribution in [2.75, 3.05) is 24.6 Å². The zero-order valence-electron chi connectivity index (χ0n) is 14.2. The van der Waals surface area contributed by atoms with Gasteiger partial charge in [0.1, 0.15) is 6.61 Å². The summed E-state index contributed by atoms with van der Waals surface area (Å²) in [6.45, 7) is 2.00. The summed E-state index contributed by atoms with van der Waals surface area (Å²) >= 11 is 0. The highest BCUT2D eigenvalue weighted by Crippen LogP contribution is 2.31. The summed E-state index contributed by atoms with van der Waals surface area (Å²) in [5, 5.41) is 7.34. The Morgan fingerprint density at radius 3 is 2.96 bits per heavy atom. The van der Waals surface area contributed by atoms with E-state index in [1.54, 1.807) is 4.68 Å². The normalized spacial score (nSPS) is 22.5. The van der Waals surface area contributed by atoms with Crippen molar-refractivity contribution in [1.29, 1.82) is 0 Å². The van der Waals surface area contributed by atoms with Crippen LogP contribution in [0, 0.1) is 0 Å². The topological polar surface area (TPSA) is 68.6 Å². The van der Waals surface area contributed by atoms with E-state index in [9.17, 15) is 4.79 Å². The molecule has 4 rings (SSSR count). The van der Waals surface area contributed by atoms with Gasteiger partial charge in [-0.25, -0.2) is 0 Å². The van der Waals surface area contributed by atoms with Crippen LogP contribution in [0.5, 0.6) is 11.5 Å². The Morgan fingerprint density at radius 2 is 2.16 bits per heavy atom. The maximum atomic E-state index is 12.6. The molecule has 2 atom stereocenters. The van der Waals surface area contributed by atoms with E-state index in [1.165, 1.54) is 0 Å². The molecule has 2 aliphatic heterocycles. The monoisotopic (exact) mass is 342 g/mol. The Labute approximate surface area is 146 Å². The molecule has 2 aromatic rings. The third kappa shape index (κ3) is 3.40. The number of fused-ring (bicyclic) bond motifs is 1. The van der Waals surface area contributed by atoms with Gasteiger partial charge < -0.3 is 19.7 Å². The van der Waals surface area contributed by atoms with E-state index >= 15 is 0 Å².